The third-order valence-corrected chi connectivity index (χ3v) is 2.46. The minimum absolute atomic E-state index is 1.07. The summed E-state index contributed by atoms with van der Waals surface area (Å²) in [6.07, 6.45) is 4.02. The van der Waals surface area contributed by atoms with Crippen LogP contribution < -0.4 is 0 Å². The van der Waals surface area contributed by atoms with Gasteiger partial charge in [-0.05, 0) is 27.7 Å². The Balaban J connectivity index is 0.000000160. The van der Waals surface area contributed by atoms with Gasteiger partial charge in [0, 0.05) is 26.5 Å². The van der Waals surface area contributed by atoms with Gasteiger partial charge in [0.05, 0.1) is 11.4 Å². The largest absolute Gasteiger partial charge is 0.338 e. The molecule has 88 valence electrons. The second-order valence-corrected chi connectivity index (χ2v) is 4.08. The number of rotatable bonds is 0. The fourth-order valence-electron chi connectivity index (χ4n) is 1.47. The summed E-state index contributed by atoms with van der Waals surface area (Å²) in [6, 6.07) is 0. The maximum Gasteiger partial charge on any atom is 0.105 e. The Labute approximate surface area is 97.0 Å². The minimum atomic E-state index is 1.07. The van der Waals surface area contributed by atoms with E-state index < -0.39 is 0 Å². The molecular weight excluding hydrogens is 200 g/mol. The van der Waals surface area contributed by atoms with Crippen molar-refractivity contribution in [1.82, 2.24) is 19.1 Å². The summed E-state index contributed by atoms with van der Waals surface area (Å²) in [5.74, 6) is 2.14. The van der Waals surface area contributed by atoms with E-state index in [9.17, 15) is 0 Å². The van der Waals surface area contributed by atoms with Gasteiger partial charge >= 0.3 is 0 Å². The first-order valence-electron chi connectivity index (χ1n) is 5.33. The molecule has 0 aromatic carbocycles. The van der Waals surface area contributed by atoms with Crippen LogP contribution in [0.2, 0.25) is 0 Å². The van der Waals surface area contributed by atoms with Gasteiger partial charge in [0.15, 0.2) is 0 Å². The zero-order chi connectivity index (χ0) is 12.3. The van der Waals surface area contributed by atoms with Gasteiger partial charge in [-0.25, -0.2) is 9.97 Å². The van der Waals surface area contributed by atoms with Gasteiger partial charge in [-0.3, -0.25) is 0 Å². The molecule has 0 bridgehead atoms. The van der Waals surface area contributed by atoms with Crippen molar-refractivity contribution in [2.75, 3.05) is 0 Å². The molecule has 0 saturated carbocycles. The van der Waals surface area contributed by atoms with Crippen molar-refractivity contribution in [2.45, 2.75) is 27.7 Å². The molecule has 2 aromatic rings. The lowest BCUT2D eigenvalue weighted by atomic mass is 10.6. The number of aryl methyl sites for hydroxylation is 6. The van der Waals surface area contributed by atoms with Crippen molar-refractivity contribution in [3.8, 4) is 0 Å². The average Bonchev–Trinajstić information content (AvgIpc) is 2.58. The first-order chi connectivity index (χ1) is 7.40. The highest BCUT2D eigenvalue weighted by atomic mass is 15.0. The van der Waals surface area contributed by atoms with Gasteiger partial charge in [0.2, 0.25) is 0 Å². The molecule has 0 radical (unpaired) electrons. The third kappa shape index (κ3) is 3.22. The molecule has 16 heavy (non-hydrogen) atoms. The molecule has 0 N–H and O–H groups in total. The summed E-state index contributed by atoms with van der Waals surface area (Å²) >= 11 is 0. The second kappa shape index (κ2) is 4.96. The monoisotopic (exact) mass is 220 g/mol. The number of hydrogen-bond acceptors (Lipinski definition) is 2. The minimum Gasteiger partial charge on any atom is -0.338 e. The van der Waals surface area contributed by atoms with Gasteiger partial charge in [-0.1, -0.05) is 0 Å². The highest BCUT2D eigenvalue weighted by Gasteiger charge is 1.92. The Morgan fingerprint density at radius 3 is 1.12 bits per heavy atom. The lowest BCUT2D eigenvalue weighted by Crippen LogP contribution is -1.86. The van der Waals surface area contributed by atoms with E-state index in [1.165, 1.54) is 0 Å². The summed E-state index contributed by atoms with van der Waals surface area (Å²) in [5, 5.41) is 0. The fraction of sp³-hybridized carbons (Fsp3) is 0.500. The fourth-order valence-corrected chi connectivity index (χ4v) is 1.47. The average molecular weight is 220 g/mol. The summed E-state index contributed by atoms with van der Waals surface area (Å²) in [6.45, 7) is 7.97. The second-order valence-electron chi connectivity index (χ2n) is 4.08. The molecule has 0 atom stereocenters. The first kappa shape index (κ1) is 12.5. The maximum atomic E-state index is 4.17. The van der Waals surface area contributed by atoms with Crippen molar-refractivity contribution in [1.29, 1.82) is 0 Å². The van der Waals surface area contributed by atoms with Gasteiger partial charge < -0.3 is 9.13 Å². The smallest absolute Gasteiger partial charge is 0.105 e. The Hall–Kier alpha value is -1.58. The van der Waals surface area contributed by atoms with Crippen molar-refractivity contribution in [2.24, 2.45) is 14.1 Å². The van der Waals surface area contributed by atoms with E-state index in [0.29, 0.717) is 0 Å². The Morgan fingerprint density at radius 2 is 1.06 bits per heavy atom. The van der Waals surface area contributed by atoms with Crippen LogP contribution in [0.1, 0.15) is 23.0 Å². The molecule has 4 heteroatoms. The van der Waals surface area contributed by atoms with Crippen LogP contribution in [0, 0.1) is 27.7 Å². The van der Waals surface area contributed by atoms with E-state index >= 15 is 0 Å². The quantitative estimate of drug-likeness (QED) is 0.681. The molecule has 0 amide bonds. The van der Waals surface area contributed by atoms with Crippen LogP contribution in [0.4, 0.5) is 0 Å². The molecule has 4 nitrogen and oxygen atoms in total. The van der Waals surface area contributed by atoms with E-state index in [1.807, 2.05) is 63.3 Å². The zero-order valence-electron chi connectivity index (χ0n) is 10.9. The highest BCUT2D eigenvalue weighted by molar-refractivity contribution is 4.99. The van der Waals surface area contributed by atoms with E-state index in [-0.39, 0.29) is 0 Å². The summed E-state index contributed by atoms with van der Waals surface area (Å²) in [7, 11) is 3.99. The van der Waals surface area contributed by atoms with Crippen molar-refractivity contribution in [3.05, 3.63) is 35.4 Å². The van der Waals surface area contributed by atoms with Crippen LogP contribution in [0.3, 0.4) is 0 Å². The van der Waals surface area contributed by atoms with Crippen LogP contribution in [-0.2, 0) is 14.1 Å². The van der Waals surface area contributed by atoms with Crippen LogP contribution in [-0.4, -0.2) is 19.1 Å². The molecule has 2 heterocycles. The standard InChI is InChI=1S/2C6H10N2/c2*1-5-4-8(3)6(2)7-5/h2*4H,1-3H3. The van der Waals surface area contributed by atoms with Gasteiger partial charge in [0.1, 0.15) is 11.6 Å². The van der Waals surface area contributed by atoms with Gasteiger partial charge in [0.25, 0.3) is 0 Å². The van der Waals surface area contributed by atoms with Crippen molar-refractivity contribution < 1.29 is 0 Å². The maximum absolute atomic E-state index is 4.17. The predicted octanol–water partition coefficient (Wildman–Crippen LogP) is 2.07. The highest BCUT2D eigenvalue weighted by Crippen LogP contribution is 1.96. The molecule has 0 unspecified atom stereocenters. The summed E-state index contributed by atoms with van der Waals surface area (Å²) < 4.78 is 4.02. The van der Waals surface area contributed by atoms with Crippen LogP contribution in [0.5, 0.6) is 0 Å². The van der Waals surface area contributed by atoms with E-state index in [4.69, 9.17) is 0 Å². The Morgan fingerprint density at radius 1 is 0.750 bits per heavy atom. The lowest BCUT2D eigenvalue weighted by Gasteiger charge is -1.87. The molecule has 0 saturated heterocycles. The lowest BCUT2D eigenvalue weighted by molar-refractivity contribution is 0.858. The Bertz CT molecular complexity index is 382. The van der Waals surface area contributed by atoms with E-state index in [2.05, 4.69) is 9.97 Å². The summed E-state index contributed by atoms with van der Waals surface area (Å²) in [4.78, 5) is 8.35. The number of hydrogen-bond donors (Lipinski definition) is 0. The van der Waals surface area contributed by atoms with E-state index in [1.54, 1.807) is 0 Å². The molecule has 2 rings (SSSR count). The van der Waals surface area contributed by atoms with Crippen molar-refractivity contribution >= 4 is 0 Å². The number of nitrogens with zero attached hydrogens (tertiary/aromatic N) is 4. The molecule has 0 fully saturated rings. The number of imidazole rings is 2. The predicted molar refractivity (Wildman–Crippen MR) is 65.4 cm³/mol. The van der Waals surface area contributed by atoms with Gasteiger partial charge in [-0.2, -0.15) is 0 Å². The molecule has 0 aliphatic carbocycles. The zero-order valence-corrected chi connectivity index (χ0v) is 10.9. The molecular formula is C12H20N4. The third-order valence-electron chi connectivity index (χ3n) is 2.46. The van der Waals surface area contributed by atoms with Gasteiger partial charge in [-0.15, -0.1) is 0 Å². The molecule has 2 aromatic heterocycles. The summed E-state index contributed by atoms with van der Waals surface area (Å²) in [5.41, 5.74) is 2.18. The molecule has 0 aliphatic rings. The van der Waals surface area contributed by atoms with Crippen LogP contribution in [0.25, 0.3) is 0 Å². The van der Waals surface area contributed by atoms with E-state index in [0.717, 1.165) is 23.0 Å². The first-order valence-corrected chi connectivity index (χ1v) is 5.33. The topological polar surface area (TPSA) is 35.6 Å². The SMILES string of the molecule is Cc1cn(C)c(C)n1.Cc1cn(C)c(C)n1. The Kier molecular flexibility index (Phi) is 3.88. The van der Waals surface area contributed by atoms with Crippen molar-refractivity contribution in [3.63, 3.8) is 0 Å². The normalized spacial score (nSPS) is 9.88. The molecule has 0 aliphatic heterocycles. The number of aromatic nitrogens is 4. The van der Waals surface area contributed by atoms with Crippen LogP contribution in [0.15, 0.2) is 12.4 Å². The van der Waals surface area contributed by atoms with Crippen LogP contribution >= 0.6 is 0 Å². The molecule has 0 spiro atoms.